The van der Waals surface area contributed by atoms with Gasteiger partial charge in [-0.2, -0.15) is 0 Å². The SMILES string of the molecule is CC(=CCCBr)c1ccc(Cl)cc1F. The molecule has 0 saturated heterocycles. The quantitative estimate of drug-likeness (QED) is 0.705. The third-order valence-electron chi connectivity index (χ3n) is 1.92. The first-order chi connectivity index (χ1) is 6.65. The molecule has 0 atom stereocenters. The van der Waals surface area contributed by atoms with E-state index in [4.69, 9.17) is 11.6 Å². The van der Waals surface area contributed by atoms with Crippen LogP contribution in [0.25, 0.3) is 5.57 Å². The average molecular weight is 278 g/mol. The molecule has 3 heteroatoms. The van der Waals surface area contributed by atoms with Gasteiger partial charge in [0.15, 0.2) is 0 Å². The Labute approximate surface area is 96.9 Å². The van der Waals surface area contributed by atoms with Gasteiger partial charge in [0.1, 0.15) is 5.82 Å². The fourth-order valence-corrected chi connectivity index (χ4v) is 1.58. The normalized spacial score (nSPS) is 11.9. The first-order valence-corrected chi connectivity index (χ1v) is 5.83. The third-order valence-corrected chi connectivity index (χ3v) is 2.61. The molecule has 76 valence electrons. The Balaban J connectivity index is 2.95. The largest absolute Gasteiger partial charge is 0.206 e. The average Bonchev–Trinajstić information content (AvgIpc) is 2.14. The van der Waals surface area contributed by atoms with Crippen molar-refractivity contribution in [1.82, 2.24) is 0 Å². The van der Waals surface area contributed by atoms with Crippen LogP contribution in [0.5, 0.6) is 0 Å². The molecule has 1 rings (SSSR count). The molecule has 0 N–H and O–H groups in total. The van der Waals surface area contributed by atoms with Gasteiger partial charge in [0.05, 0.1) is 0 Å². The molecule has 0 aromatic heterocycles. The summed E-state index contributed by atoms with van der Waals surface area (Å²) >= 11 is 8.98. The monoisotopic (exact) mass is 276 g/mol. The summed E-state index contributed by atoms with van der Waals surface area (Å²) in [6.07, 6.45) is 2.90. The van der Waals surface area contributed by atoms with E-state index >= 15 is 0 Å². The fraction of sp³-hybridized carbons (Fsp3) is 0.273. The van der Waals surface area contributed by atoms with E-state index in [-0.39, 0.29) is 5.82 Å². The van der Waals surface area contributed by atoms with Gasteiger partial charge in [-0.1, -0.05) is 39.7 Å². The second kappa shape index (κ2) is 5.52. The van der Waals surface area contributed by atoms with Gasteiger partial charge in [-0.25, -0.2) is 4.39 Å². The number of allylic oxidation sites excluding steroid dienone is 2. The van der Waals surface area contributed by atoms with Crippen molar-refractivity contribution in [1.29, 1.82) is 0 Å². The van der Waals surface area contributed by atoms with Gasteiger partial charge in [0.25, 0.3) is 0 Å². The molecular weight excluding hydrogens is 266 g/mol. The van der Waals surface area contributed by atoms with Crippen LogP contribution in [-0.4, -0.2) is 5.33 Å². The van der Waals surface area contributed by atoms with Crippen LogP contribution in [-0.2, 0) is 0 Å². The topological polar surface area (TPSA) is 0 Å². The number of hydrogen-bond acceptors (Lipinski definition) is 0. The minimum Gasteiger partial charge on any atom is -0.206 e. The predicted octanol–water partition coefficient (Wildman–Crippen LogP) is 4.67. The molecule has 0 saturated carbocycles. The standard InChI is InChI=1S/C11H11BrClF/c1-8(3-2-6-12)10-5-4-9(13)7-11(10)14/h3-5,7H,2,6H2,1H3. The summed E-state index contributed by atoms with van der Waals surface area (Å²) in [6, 6.07) is 4.74. The van der Waals surface area contributed by atoms with E-state index in [2.05, 4.69) is 15.9 Å². The van der Waals surface area contributed by atoms with Crippen LogP contribution in [0.1, 0.15) is 18.9 Å². The zero-order valence-corrected chi connectivity index (χ0v) is 10.2. The molecule has 14 heavy (non-hydrogen) atoms. The third kappa shape index (κ3) is 3.10. The molecule has 0 aliphatic carbocycles. The minimum atomic E-state index is -0.263. The molecule has 0 spiro atoms. The lowest BCUT2D eigenvalue weighted by atomic mass is 10.1. The Morgan fingerprint density at radius 3 is 2.86 bits per heavy atom. The number of rotatable bonds is 3. The lowest BCUT2D eigenvalue weighted by Crippen LogP contribution is -1.86. The molecule has 0 amide bonds. The van der Waals surface area contributed by atoms with Crippen LogP contribution in [0.4, 0.5) is 4.39 Å². The molecule has 0 heterocycles. The smallest absolute Gasteiger partial charge is 0.132 e. The molecule has 1 aromatic rings. The minimum absolute atomic E-state index is 0.263. The lowest BCUT2D eigenvalue weighted by molar-refractivity contribution is 0.624. The van der Waals surface area contributed by atoms with E-state index in [9.17, 15) is 4.39 Å². The zero-order chi connectivity index (χ0) is 10.6. The van der Waals surface area contributed by atoms with Gasteiger partial charge < -0.3 is 0 Å². The van der Waals surface area contributed by atoms with Crippen molar-refractivity contribution >= 4 is 33.1 Å². The van der Waals surface area contributed by atoms with Crippen molar-refractivity contribution in [2.24, 2.45) is 0 Å². The number of alkyl halides is 1. The van der Waals surface area contributed by atoms with E-state index in [1.165, 1.54) is 6.07 Å². The number of hydrogen-bond donors (Lipinski definition) is 0. The second-order valence-corrected chi connectivity index (χ2v) is 4.22. The second-order valence-electron chi connectivity index (χ2n) is 2.99. The Morgan fingerprint density at radius 1 is 1.57 bits per heavy atom. The van der Waals surface area contributed by atoms with E-state index in [0.29, 0.717) is 10.6 Å². The molecule has 1 aromatic carbocycles. The Bertz CT molecular complexity index is 347. The molecule has 0 unspecified atom stereocenters. The molecule has 0 nitrogen and oxygen atoms in total. The number of halogens is 3. The Morgan fingerprint density at radius 2 is 2.29 bits per heavy atom. The van der Waals surface area contributed by atoms with Crippen molar-refractivity contribution in [3.05, 3.63) is 40.7 Å². The lowest BCUT2D eigenvalue weighted by Gasteiger charge is -2.03. The summed E-state index contributed by atoms with van der Waals surface area (Å²) in [5, 5.41) is 1.32. The summed E-state index contributed by atoms with van der Waals surface area (Å²) < 4.78 is 13.4. The molecule has 0 fully saturated rings. The predicted molar refractivity (Wildman–Crippen MR) is 63.5 cm³/mol. The first-order valence-electron chi connectivity index (χ1n) is 4.33. The van der Waals surface area contributed by atoms with Crippen molar-refractivity contribution < 1.29 is 4.39 Å². The Kier molecular flexibility index (Phi) is 4.63. The van der Waals surface area contributed by atoms with Crippen LogP contribution >= 0.6 is 27.5 Å². The molecule has 0 aliphatic rings. The molecule has 0 bridgehead atoms. The van der Waals surface area contributed by atoms with Crippen LogP contribution in [0.15, 0.2) is 24.3 Å². The van der Waals surface area contributed by atoms with Gasteiger partial charge in [0.2, 0.25) is 0 Å². The van der Waals surface area contributed by atoms with Gasteiger partial charge >= 0.3 is 0 Å². The number of benzene rings is 1. The van der Waals surface area contributed by atoms with E-state index < -0.39 is 0 Å². The zero-order valence-electron chi connectivity index (χ0n) is 7.86. The maximum atomic E-state index is 13.4. The van der Waals surface area contributed by atoms with E-state index in [1.54, 1.807) is 12.1 Å². The summed E-state index contributed by atoms with van der Waals surface area (Å²) in [7, 11) is 0. The van der Waals surface area contributed by atoms with Gasteiger partial charge in [-0.15, -0.1) is 0 Å². The molecular formula is C11H11BrClF. The summed E-state index contributed by atoms with van der Waals surface area (Å²) in [4.78, 5) is 0. The maximum Gasteiger partial charge on any atom is 0.132 e. The van der Waals surface area contributed by atoms with Gasteiger partial charge in [-0.05, 0) is 31.1 Å². The highest BCUT2D eigenvalue weighted by atomic mass is 79.9. The van der Waals surface area contributed by atoms with Crippen LogP contribution < -0.4 is 0 Å². The summed E-state index contributed by atoms with van der Waals surface area (Å²) in [6.45, 7) is 1.90. The molecule has 0 aliphatic heterocycles. The highest BCUT2D eigenvalue weighted by Crippen LogP contribution is 2.21. The molecule has 0 radical (unpaired) electrons. The first kappa shape index (κ1) is 11.7. The van der Waals surface area contributed by atoms with Crippen molar-refractivity contribution in [3.63, 3.8) is 0 Å². The van der Waals surface area contributed by atoms with E-state index in [0.717, 1.165) is 17.3 Å². The fourth-order valence-electron chi connectivity index (χ4n) is 1.19. The summed E-state index contributed by atoms with van der Waals surface area (Å²) in [5.41, 5.74) is 1.56. The van der Waals surface area contributed by atoms with Crippen LogP contribution in [0.2, 0.25) is 5.02 Å². The van der Waals surface area contributed by atoms with E-state index in [1.807, 2.05) is 13.0 Å². The summed E-state index contributed by atoms with van der Waals surface area (Å²) in [5.74, 6) is -0.263. The highest BCUT2D eigenvalue weighted by molar-refractivity contribution is 9.09. The van der Waals surface area contributed by atoms with Gasteiger partial charge in [0, 0.05) is 15.9 Å². The van der Waals surface area contributed by atoms with Crippen molar-refractivity contribution in [2.75, 3.05) is 5.33 Å². The highest BCUT2D eigenvalue weighted by Gasteiger charge is 2.03. The van der Waals surface area contributed by atoms with Gasteiger partial charge in [-0.3, -0.25) is 0 Å². The van der Waals surface area contributed by atoms with Crippen molar-refractivity contribution in [3.8, 4) is 0 Å². The van der Waals surface area contributed by atoms with Crippen LogP contribution in [0, 0.1) is 5.82 Å². The van der Waals surface area contributed by atoms with Crippen LogP contribution in [0.3, 0.4) is 0 Å². The maximum absolute atomic E-state index is 13.4. The van der Waals surface area contributed by atoms with Crippen molar-refractivity contribution in [2.45, 2.75) is 13.3 Å². The Hall–Kier alpha value is -0.340.